The quantitative estimate of drug-likeness (QED) is 0.895. The Labute approximate surface area is 128 Å². The molecule has 5 nitrogen and oxygen atoms in total. The molecule has 1 aromatic heterocycles. The summed E-state index contributed by atoms with van der Waals surface area (Å²) in [7, 11) is 2.16. The average Bonchev–Trinajstić information content (AvgIpc) is 2.71. The van der Waals surface area contributed by atoms with Crippen LogP contribution in [-0.2, 0) is 6.54 Å². The zero-order valence-electron chi connectivity index (χ0n) is 14.1. The molecule has 0 aromatic carbocycles. The van der Waals surface area contributed by atoms with E-state index in [1.165, 1.54) is 11.3 Å². The molecule has 0 saturated carbocycles. The number of aliphatic hydroxyl groups excluding tert-OH is 1. The molecule has 1 saturated heterocycles. The van der Waals surface area contributed by atoms with Crippen molar-refractivity contribution < 1.29 is 5.11 Å². The second-order valence-corrected chi connectivity index (χ2v) is 6.57. The van der Waals surface area contributed by atoms with Gasteiger partial charge in [0.15, 0.2) is 0 Å². The average molecular weight is 294 g/mol. The van der Waals surface area contributed by atoms with Crippen LogP contribution < -0.4 is 0 Å². The molecular weight excluding hydrogens is 264 g/mol. The van der Waals surface area contributed by atoms with Crippen LogP contribution in [0.15, 0.2) is 0 Å². The van der Waals surface area contributed by atoms with Crippen LogP contribution >= 0.6 is 0 Å². The summed E-state index contributed by atoms with van der Waals surface area (Å²) in [6, 6.07) is 0.872. The number of aryl methyl sites for hydroxylation is 1. The van der Waals surface area contributed by atoms with Crippen molar-refractivity contribution in [2.24, 2.45) is 0 Å². The normalized spacial score (nSPS) is 21.4. The number of aliphatic hydroxyl groups is 1. The summed E-state index contributed by atoms with van der Waals surface area (Å²) < 4.78 is 2.13. The molecule has 1 N–H and O–H groups in total. The molecular formula is C16H30N4O. The number of likely N-dealkylation sites (N-methyl/N-ethyl adjacent to an activating group) is 1. The molecule has 2 heterocycles. The van der Waals surface area contributed by atoms with Gasteiger partial charge in [-0.3, -0.25) is 9.58 Å². The van der Waals surface area contributed by atoms with Gasteiger partial charge in [0.05, 0.1) is 5.69 Å². The molecule has 120 valence electrons. The fourth-order valence-electron chi connectivity index (χ4n) is 3.27. The zero-order valence-corrected chi connectivity index (χ0v) is 14.1. The third-order valence-corrected chi connectivity index (χ3v) is 4.67. The molecule has 1 atom stereocenters. The maximum atomic E-state index is 9.21. The van der Waals surface area contributed by atoms with Crippen LogP contribution in [0.3, 0.4) is 0 Å². The first-order valence-electron chi connectivity index (χ1n) is 8.02. The third-order valence-electron chi connectivity index (χ3n) is 4.67. The van der Waals surface area contributed by atoms with E-state index < -0.39 is 0 Å². The van der Waals surface area contributed by atoms with Crippen molar-refractivity contribution in [3.05, 3.63) is 17.0 Å². The van der Waals surface area contributed by atoms with Gasteiger partial charge in [-0.15, -0.1) is 0 Å². The lowest BCUT2D eigenvalue weighted by Crippen LogP contribution is -2.51. The van der Waals surface area contributed by atoms with Gasteiger partial charge in [-0.25, -0.2) is 0 Å². The summed E-state index contributed by atoms with van der Waals surface area (Å²) in [5, 5.41) is 13.9. The largest absolute Gasteiger partial charge is 0.396 e. The molecule has 0 unspecified atom stereocenters. The number of piperazine rings is 1. The highest BCUT2D eigenvalue weighted by Crippen LogP contribution is 2.21. The van der Waals surface area contributed by atoms with Gasteiger partial charge in [0.2, 0.25) is 0 Å². The van der Waals surface area contributed by atoms with Crippen molar-refractivity contribution in [3.8, 4) is 0 Å². The second kappa shape index (κ2) is 6.90. The van der Waals surface area contributed by atoms with E-state index in [-0.39, 0.29) is 6.61 Å². The Morgan fingerprint density at radius 1 is 1.29 bits per heavy atom. The number of rotatable bonds is 5. The van der Waals surface area contributed by atoms with E-state index in [2.05, 4.69) is 54.3 Å². The molecule has 0 aliphatic carbocycles. The lowest BCUT2D eigenvalue weighted by atomic mass is 10.1. The lowest BCUT2D eigenvalue weighted by molar-refractivity contribution is 0.0740. The van der Waals surface area contributed by atoms with Crippen molar-refractivity contribution in [2.75, 3.05) is 33.3 Å². The van der Waals surface area contributed by atoms with Crippen LogP contribution in [0.5, 0.6) is 0 Å². The van der Waals surface area contributed by atoms with Crippen LogP contribution in [0.25, 0.3) is 0 Å². The molecule has 0 amide bonds. The van der Waals surface area contributed by atoms with Gasteiger partial charge >= 0.3 is 0 Å². The Morgan fingerprint density at radius 2 is 2.00 bits per heavy atom. The van der Waals surface area contributed by atoms with E-state index in [0.717, 1.165) is 38.3 Å². The Bertz CT molecular complexity index is 469. The fourth-order valence-corrected chi connectivity index (χ4v) is 3.27. The molecule has 21 heavy (non-hydrogen) atoms. The van der Waals surface area contributed by atoms with Crippen molar-refractivity contribution in [1.29, 1.82) is 0 Å². The van der Waals surface area contributed by atoms with Crippen molar-refractivity contribution in [3.63, 3.8) is 0 Å². The molecule has 0 bridgehead atoms. The van der Waals surface area contributed by atoms with Crippen LogP contribution in [0.2, 0.25) is 0 Å². The first-order valence-corrected chi connectivity index (χ1v) is 8.02. The van der Waals surface area contributed by atoms with Gasteiger partial charge in [0.25, 0.3) is 0 Å². The van der Waals surface area contributed by atoms with Gasteiger partial charge in [-0.05, 0) is 41.2 Å². The molecule has 1 aliphatic heterocycles. The predicted molar refractivity (Wildman–Crippen MR) is 85.5 cm³/mol. The van der Waals surface area contributed by atoms with E-state index in [9.17, 15) is 5.11 Å². The van der Waals surface area contributed by atoms with Crippen LogP contribution in [0, 0.1) is 13.8 Å². The Balaban J connectivity index is 2.08. The van der Waals surface area contributed by atoms with Gasteiger partial charge in [-0.1, -0.05) is 0 Å². The van der Waals surface area contributed by atoms with E-state index in [0.29, 0.717) is 12.1 Å². The summed E-state index contributed by atoms with van der Waals surface area (Å²) in [6.45, 7) is 13.1. The minimum Gasteiger partial charge on any atom is -0.396 e. The summed E-state index contributed by atoms with van der Waals surface area (Å²) in [5.41, 5.74) is 3.81. The molecule has 0 spiro atoms. The molecule has 1 aromatic rings. The maximum Gasteiger partial charge on any atom is 0.0641 e. The van der Waals surface area contributed by atoms with Gasteiger partial charge in [0, 0.05) is 56.1 Å². The SMILES string of the molecule is Cc1nn(C(C)C)c(C)c1CN1CCN(C)[C@@H](CCO)C1. The van der Waals surface area contributed by atoms with E-state index in [1.807, 2.05) is 0 Å². The third kappa shape index (κ3) is 3.65. The number of hydrogen-bond donors (Lipinski definition) is 1. The summed E-state index contributed by atoms with van der Waals surface area (Å²) in [6.07, 6.45) is 0.857. The second-order valence-electron chi connectivity index (χ2n) is 6.57. The van der Waals surface area contributed by atoms with Crippen molar-refractivity contribution in [1.82, 2.24) is 19.6 Å². The minimum absolute atomic E-state index is 0.270. The molecule has 2 rings (SSSR count). The smallest absolute Gasteiger partial charge is 0.0641 e. The zero-order chi connectivity index (χ0) is 15.6. The van der Waals surface area contributed by atoms with Gasteiger partial charge in [-0.2, -0.15) is 5.10 Å². The van der Waals surface area contributed by atoms with E-state index in [1.54, 1.807) is 0 Å². The number of hydrogen-bond acceptors (Lipinski definition) is 4. The fraction of sp³-hybridized carbons (Fsp3) is 0.812. The Morgan fingerprint density at radius 3 is 2.57 bits per heavy atom. The van der Waals surface area contributed by atoms with Crippen LogP contribution in [-0.4, -0.2) is 64.0 Å². The van der Waals surface area contributed by atoms with Crippen LogP contribution in [0.4, 0.5) is 0 Å². The highest BCUT2D eigenvalue weighted by molar-refractivity contribution is 5.25. The number of aromatic nitrogens is 2. The molecule has 0 radical (unpaired) electrons. The number of nitrogens with zero attached hydrogens (tertiary/aromatic N) is 4. The summed E-state index contributed by atoms with van der Waals surface area (Å²) >= 11 is 0. The van der Waals surface area contributed by atoms with Gasteiger partial charge < -0.3 is 10.0 Å². The topological polar surface area (TPSA) is 44.5 Å². The molecule has 5 heteroatoms. The predicted octanol–water partition coefficient (Wildman–Crippen LogP) is 1.58. The minimum atomic E-state index is 0.270. The molecule has 1 aliphatic rings. The summed E-state index contributed by atoms with van der Waals surface area (Å²) in [4.78, 5) is 4.87. The highest BCUT2D eigenvalue weighted by Gasteiger charge is 2.25. The first kappa shape index (κ1) is 16.5. The lowest BCUT2D eigenvalue weighted by Gasteiger charge is -2.39. The monoisotopic (exact) mass is 294 g/mol. The maximum absolute atomic E-state index is 9.21. The van der Waals surface area contributed by atoms with Gasteiger partial charge in [0.1, 0.15) is 0 Å². The standard InChI is InChI=1S/C16H30N4O/c1-12(2)20-14(4)16(13(3)17-20)11-19-8-7-18(5)15(10-19)6-9-21/h12,15,21H,6-11H2,1-5H3/t15-/m0/s1. The highest BCUT2D eigenvalue weighted by atomic mass is 16.3. The summed E-state index contributed by atoms with van der Waals surface area (Å²) in [5.74, 6) is 0. The van der Waals surface area contributed by atoms with E-state index >= 15 is 0 Å². The van der Waals surface area contributed by atoms with Crippen LogP contribution in [0.1, 0.15) is 43.3 Å². The Kier molecular flexibility index (Phi) is 5.41. The Hall–Kier alpha value is -0.910. The van der Waals surface area contributed by atoms with Crippen molar-refractivity contribution in [2.45, 2.75) is 52.7 Å². The first-order chi connectivity index (χ1) is 9.93. The van der Waals surface area contributed by atoms with E-state index in [4.69, 9.17) is 0 Å². The van der Waals surface area contributed by atoms with Crippen molar-refractivity contribution >= 4 is 0 Å². The molecule has 1 fully saturated rings.